The molecule has 3 aromatic carbocycles. The van der Waals surface area contributed by atoms with Gasteiger partial charge in [-0.1, -0.05) is 116 Å². The third kappa shape index (κ3) is 5.95. The van der Waals surface area contributed by atoms with E-state index >= 15 is 0 Å². The van der Waals surface area contributed by atoms with E-state index < -0.39 is 0 Å². The standard InChI is InChI=1S/C40H46N2/c1-27(2)35-11-9-12-36(28(3)4)39(35)41-23-19-33(20-24-41)31-15-17-32(18-16-31)34-21-25-42(26-22-34)40-37(29(5)6)13-10-14-38(40)30(7)8/h9-30H,1-8H3. The molecule has 0 saturated heterocycles. The number of hydrogen-bond donors (Lipinski definition) is 0. The summed E-state index contributed by atoms with van der Waals surface area (Å²) in [6.07, 6.45) is 17.8. The average Bonchev–Trinajstić information content (AvgIpc) is 3.00. The molecule has 5 rings (SSSR count). The van der Waals surface area contributed by atoms with E-state index in [1.165, 1.54) is 55.2 Å². The minimum absolute atomic E-state index is 0.466. The van der Waals surface area contributed by atoms with Gasteiger partial charge in [0.05, 0.1) is 11.4 Å². The van der Waals surface area contributed by atoms with Crippen LogP contribution in [-0.4, -0.2) is 0 Å². The minimum Gasteiger partial charge on any atom is -0.323 e. The molecule has 0 radical (unpaired) electrons. The van der Waals surface area contributed by atoms with Crippen LogP contribution in [0.1, 0.15) is 101 Å². The lowest BCUT2D eigenvalue weighted by Crippen LogP contribution is -2.18. The first-order valence-corrected chi connectivity index (χ1v) is 15.6. The molecular weight excluding hydrogens is 508 g/mol. The van der Waals surface area contributed by atoms with Gasteiger partial charge in [-0.25, -0.2) is 0 Å². The molecule has 2 aliphatic rings. The molecule has 0 spiro atoms. The van der Waals surface area contributed by atoms with Gasteiger partial charge >= 0.3 is 0 Å². The summed E-state index contributed by atoms with van der Waals surface area (Å²) in [4.78, 5) is 4.59. The van der Waals surface area contributed by atoms with Crippen molar-refractivity contribution in [3.63, 3.8) is 0 Å². The van der Waals surface area contributed by atoms with E-state index in [-0.39, 0.29) is 0 Å². The van der Waals surface area contributed by atoms with Crippen molar-refractivity contribution >= 4 is 22.5 Å². The molecule has 0 unspecified atom stereocenters. The monoisotopic (exact) mass is 554 g/mol. The predicted octanol–water partition coefficient (Wildman–Crippen LogP) is 9.58. The maximum Gasteiger partial charge on any atom is 0.0518 e. The normalized spacial score (nSPS) is 15.0. The van der Waals surface area contributed by atoms with Gasteiger partial charge in [-0.2, -0.15) is 0 Å². The number of para-hydroxylation sites is 2. The molecule has 2 aliphatic heterocycles. The first-order valence-electron chi connectivity index (χ1n) is 15.6. The summed E-state index contributed by atoms with van der Waals surface area (Å²) in [6.45, 7) is 18.2. The Hall–Kier alpha value is -4.04. The second-order valence-electron chi connectivity index (χ2n) is 12.8. The molecule has 2 nitrogen and oxygen atoms in total. The molecule has 0 fully saturated rings. The third-order valence-electron chi connectivity index (χ3n) is 8.41. The van der Waals surface area contributed by atoms with Crippen LogP contribution in [0.3, 0.4) is 0 Å². The molecule has 216 valence electrons. The summed E-state index contributed by atoms with van der Waals surface area (Å²) >= 11 is 0. The molecule has 3 aromatic rings. The lowest BCUT2D eigenvalue weighted by Gasteiger charge is -2.28. The van der Waals surface area contributed by atoms with Crippen LogP contribution in [0.25, 0.3) is 11.1 Å². The molecule has 0 saturated carbocycles. The Morgan fingerprint density at radius 3 is 0.881 bits per heavy atom. The van der Waals surface area contributed by atoms with Gasteiger partial charge in [0.15, 0.2) is 0 Å². The Morgan fingerprint density at radius 1 is 0.381 bits per heavy atom. The number of hydrogen-bond acceptors (Lipinski definition) is 2. The summed E-state index contributed by atoms with van der Waals surface area (Å²) in [7, 11) is 0. The quantitative estimate of drug-likeness (QED) is 0.299. The zero-order valence-electron chi connectivity index (χ0n) is 26.6. The highest BCUT2D eigenvalue weighted by atomic mass is 15.1. The maximum absolute atomic E-state index is 2.30. The van der Waals surface area contributed by atoms with Crippen LogP contribution in [0, 0.1) is 0 Å². The Labute approximate surface area is 253 Å². The molecule has 0 amide bonds. The van der Waals surface area contributed by atoms with Crippen LogP contribution >= 0.6 is 0 Å². The topological polar surface area (TPSA) is 6.48 Å². The SMILES string of the molecule is CC(C)c1cccc(C(C)C)c1N1C=CC(=c2ccc(=C3C=CN(c4c(C(C)C)cccc4C(C)C)C=C3)cc2)C=C1. The molecule has 2 heteroatoms. The van der Waals surface area contributed by atoms with Crippen LogP contribution in [0.2, 0.25) is 0 Å². The fourth-order valence-electron chi connectivity index (χ4n) is 6.01. The largest absolute Gasteiger partial charge is 0.323 e. The van der Waals surface area contributed by atoms with Crippen LogP contribution in [0.4, 0.5) is 11.4 Å². The van der Waals surface area contributed by atoms with Gasteiger partial charge in [0.1, 0.15) is 0 Å². The van der Waals surface area contributed by atoms with Crippen molar-refractivity contribution < 1.29 is 0 Å². The first-order chi connectivity index (χ1) is 20.2. The molecule has 0 aliphatic carbocycles. The van der Waals surface area contributed by atoms with Crippen molar-refractivity contribution in [2.24, 2.45) is 0 Å². The van der Waals surface area contributed by atoms with Gasteiger partial charge in [0.2, 0.25) is 0 Å². The van der Waals surface area contributed by atoms with E-state index in [9.17, 15) is 0 Å². The summed E-state index contributed by atoms with van der Waals surface area (Å²) in [5.74, 6) is 1.86. The lowest BCUT2D eigenvalue weighted by atomic mass is 9.91. The summed E-state index contributed by atoms with van der Waals surface area (Å²) < 4.78 is 0. The van der Waals surface area contributed by atoms with Crippen molar-refractivity contribution in [1.29, 1.82) is 0 Å². The van der Waals surface area contributed by atoms with E-state index in [0.717, 1.165) is 0 Å². The van der Waals surface area contributed by atoms with Crippen molar-refractivity contribution in [3.8, 4) is 0 Å². The summed E-state index contributed by atoms with van der Waals surface area (Å²) in [5, 5.41) is 2.45. The molecular formula is C40H46N2. The molecule has 0 atom stereocenters. The Kier molecular flexibility index (Phi) is 8.73. The second kappa shape index (κ2) is 12.4. The number of benzene rings is 3. The third-order valence-corrected chi connectivity index (χ3v) is 8.41. The summed E-state index contributed by atoms with van der Waals surface area (Å²) in [5.41, 5.74) is 10.7. The summed E-state index contributed by atoms with van der Waals surface area (Å²) in [6, 6.07) is 22.4. The van der Waals surface area contributed by atoms with Crippen molar-refractivity contribution in [1.82, 2.24) is 0 Å². The number of allylic oxidation sites excluding steroid dienone is 4. The van der Waals surface area contributed by atoms with Crippen LogP contribution < -0.4 is 20.2 Å². The predicted molar refractivity (Wildman–Crippen MR) is 183 cm³/mol. The molecule has 0 bridgehead atoms. The minimum atomic E-state index is 0.466. The van der Waals surface area contributed by atoms with E-state index in [2.05, 4.69) is 175 Å². The highest BCUT2D eigenvalue weighted by molar-refractivity contribution is 5.77. The Balaban J connectivity index is 1.42. The highest BCUT2D eigenvalue weighted by Crippen LogP contribution is 2.38. The molecule has 2 heterocycles. The zero-order valence-corrected chi connectivity index (χ0v) is 26.6. The van der Waals surface area contributed by atoms with Gasteiger partial charge in [-0.05, 0) is 91.8 Å². The maximum atomic E-state index is 2.30. The van der Waals surface area contributed by atoms with Crippen molar-refractivity contribution in [2.45, 2.75) is 79.1 Å². The molecule has 42 heavy (non-hydrogen) atoms. The van der Waals surface area contributed by atoms with Crippen molar-refractivity contribution in [3.05, 3.63) is 142 Å². The van der Waals surface area contributed by atoms with E-state index in [0.29, 0.717) is 23.7 Å². The fourth-order valence-corrected chi connectivity index (χ4v) is 6.01. The Bertz CT molecular complexity index is 1460. The van der Waals surface area contributed by atoms with Gasteiger partial charge in [0, 0.05) is 24.8 Å². The first kappa shape index (κ1) is 29.5. The molecule has 0 aromatic heterocycles. The van der Waals surface area contributed by atoms with E-state index in [1.54, 1.807) is 0 Å². The average molecular weight is 555 g/mol. The van der Waals surface area contributed by atoms with Crippen LogP contribution in [0.5, 0.6) is 0 Å². The van der Waals surface area contributed by atoms with E-state index in [4.69, 9.17) is 0 Å². The smallest absolute Gasteiger partial charge is 0.0518 e. The van der Waals surface area contributed by atoms with Gasteiger partial charge in [-0.3, -0.25) is 0 Å². The second-order valence-corrected chi connectivity index (χ2v) is 12.8. The number of nitrogens with zero attached hydrogens (tertiary/aromatic N) is 2. The van der Waals surface area contributed by atoms with Crippen LogP contribution in [-0.2, 0) is 0 Å². The molecule has 0 N–H and O–H groups in total. The number of anilines is 2. The Morgan fingerprint density at radius 2 is 0.643 bits per heavy atom. The van der Waals surface area contributed by atoms with Crippen molar-refractivity contribution in [2.75, 3.05) is 9.80 Å². The zero-order chi connectivity index (χ0) is 30.0. The van der Waals surface area contributed by atoms with Gasteiger partial charge < -0.3 is 9.80 Å². The lowest BCUT2D eigenvalue weighted by molar-refractivity contribution is 0.829. The number of rotatable bonds is 6. The van der Waals surface area contributed by atoms with E-state index in [1.807, 2.05) is 0 Å². The van der Waals surface area contributed by atoms with Gasteiger partial charge in [-0.15, -0.1) is 0 Å². The fraction of sp³-hybridized carbons (Fsp3) is 0.300. The van der Waals surface area contributed by atoms with Crippen LogP contribution in [0.15, 0.2) is 110 Å². The highest BCUT2D eigenvalue weighted by Gasteiger charge is 2.19. The van der Waals surface area contributed by atoms with Gasteiger partial charge in [0.25, 0.3) is 0 Å².